The number of esters is 1. The Hall–Kier alpha value is -1.46. The van der Waals surface area contributed by atoms with E-state index < -0.39 is 0 Å². The molecule has 0 aromatic carbocycles. The van der Waals surface area contributed by atoms with E-state index in [0.29, 0.717) is 30.6 Å². The van der Waals surface area contributed by atoms with Gasteiger partial charge in [0.15, 0.2) is 0 Å². The number of aliphatic hydroxyl groups excluding tert-OH is 1. The van der Waals surface area contributed by atoms with Gasteiger partial charge in [0.25, 0.3) is 0 Å². The van der Waals surface area contributed by atoms with Crippen molar-refractivity contribution >= 4 is 5.97 Å². The predicted molar refractivity (Wildman–Crippen MR) is 79.8 cm³/mol. The maximum atomic E-state index is 11.3. The molecule has 1 fully saturated rings. The van der Waals surface area contributed by atoms with E-state index in [1.807, 2.05) is 6.07 Å². The number of hydrogen-bond donors (Lipinski definition) is 2. The Labute approximate surface area is 125 Å². The number of nitrogens with zero attached hydrogens (tertiary/aromatic N) is 1. The van der Waals surface area contributed by atoms with E-state index in [-0.39, 0.29) is 5.97 Å². The van der Waals surface area contributed by atoms with Crippen LogP contribution in [0.15, 0.2) is 18.3 Å². The minimum Gasteiger partial charge on any atom is -0.465 e. The zero-order valence-corrected chi connectivity index (χ0v) is 12.5. The molecule has 1 saturated carbocycles. The lowest BCUT2D eigenvalue weighted by atomic mass is 9.79. The van der Waals surface area contributed by atoms with Gasteiger partial charge in [0.05, 0.1) is 18.4 Å². The van der Waals surface area contributed by atoms with Crippen molar-refractivity contribution in [2.24, 2.45) is 11.8 Å². The third kappa shape index (κ3) is 4.51. The van der Waals surface area contributed by atoms with Crippen molar-refractivity contribution in [3.05, 3.63) is 29.6 Å². The van der Waals surface area contributed by atoms with Crippen molar-refractivity contribution in [2.45, 2.75) is 32.2 Å². The Morgan fingerprint density at radius 1 is 1.38 bits per heavy atom. The van der Waals surface area contributed by atoms with Crippen LogP contribution in [0.2, 0.25) is 0 Å². The molecule has 1 aromatic rings. The fraction of sp³-hybridized carbons (Fsp3) is 0.625. The molecule has 5 heteroatoms. The minimum atomic E-state index is -0.366. The summed E-state index contributed by atoms with van der Waals surface area (Å²) in [6.45, 7) is 1.88. The monoisotopic (exact) mass is 292 g/mol. The normalized spacial score (nSPS) is 22.0. The number of ether oxygens (including phenoxy) is 1. The van der Waals surface area contributed by atoms with Gasteiger partial charge in [0.2, 0.25) is 0 Å². The quantitative estimate of drug-likeness (QED) is 0.782. The Morgan fingerprint density at radius 3 is 2.76 bits per heavy atom. The average molecular weight is 292 g/mol. The Balaban J connectivity index is 1.79. The van der Waals surface area contributed by atoms with Crippen LogP contribution in [0, 0.1) is 11.8 Å². The molecule has 5 nitrogen and oxygen atoms in total. The summed E-state index contributed by atoms with van der Waals surface area (Å²) in [6.07, 6.45) is 6.36. The van der Waals surface area contributed by atoms with Crippen molar-refractivity contribution in [1.82, 2.24) is 10.3 Å². The second-order valence-corrected chi connectivity index (χ2v) is 5.65. The van der Waals surface area contributed by atoms with E-state index >= 15 is 0 Å². The highest BCUT2D eigenvalue weighted by Crippen LogP contribution is 2.29. The second-order valence-electron chi connectivity index (χ2n) is 5.65. The molecule has 2 N–H and O–H groups in total. The van der Waals surface area contributed by atoms with Crippen LogP contribution in [-0.4, -0.2) is 36.3 Å². The lowest BCUT2D eigenvalue weighted by Crippen LogP contribution is -2.32. The Morgan fingerprint density at radius 2 is 2.14 bits per heavy atom. The Kier molecular flexibility index (Phi) is 6.14. The standard InChI is InChI=1S/C16H24N2O3/c1-21-16(20)13-6-7-15(18-9-13)10-17-8-12-4-2-3-5-14(12)11-19/h6-7,9,12,14,17,19H,2-5,8,10-11H2,1H3. The number of aromatic nitrogens is 1. The fourth-order valence-electron chi connectivity index (χ4n) is 2.95. The number of rotatable bonds is 6. The van der Waals surface area contributed by atoms with Crippen molar-refractivity contribution in [3.8, 4) is 0 Å². The lowest BCUT2D eigenvalue weighted by Gasteiger charge is -2.30. The van der Waals surface area contributed by atoms with Gasteiger partial charge in [0.1, 0.15) is 0 Å². The van der Waals surface area contributed by atoms with Gasteiger partial charge in [-0.1, -0.05) is 12.8 Å². The van der Waals surface area contributed by atoms with E-state index in [9.17, 15) is 9.90 Å². The number of pyridine rings is 1. The van der Waals surface area contributed by atoms with E-state index in [1.54, 1.807) is 12.3 Å². The highest BCUT2D eigenvalue weighted by molar-refractivity contribution is 5.88. The lowest BCUT2D eigenvalue weighted by molar-refractivity contribution is 0.0600. The van der Waals surface area contributed by atoms with Crippen molar-refractivity contribution < 1.29 is 14.6 Å². The summed E-state index contributed by atoms with van der Waals surface area (Å²) >= 11 is 0. The summed E-state index contributed by atoms with van der Waals surface area (Å²) in [6, 6.07) is 3.57. The summed E-state index contributed by atoms with van der Waals surface area (Å²) in [7, 11) is 1.36. The van der Waals surface area contributed by atoms with Crippen LogP contribution < -0.4 is 5.32 Å². The maximum absolute atomic E-state index is 11.3. The molecule has 0 saturated heterocycles. The summed E-state index contributed by atoms with van der Waals surface area (Å²) in [5.41, 5.74) is 1.37. The molecule has 21 heavy (non-hydrogen) atoms. The number of carbonyl (C=O) groups is 1. The summed E-state index contributed by atoms with van der Waals surface area (Å²) in [4.78, 5) is 15.6. The van der Waals surface area contributed by atoms with Gasteiger partial charge in [0, 0.05) is 19.3 Å². The first-order valence-electron chi connectivity index (χ1n) is 7.59. The highest BCUT2D eigenvalue weighted by Gasteiger charge is 2.23. The smallest absolute Gasteiger partial charge is 0.339 e. The van der Waals surface area contributed by atoms with Gasteiger partial charge in [-0.2, -0.15) is 0 Å². The minimum absolute atomic E-state index is 0.290. The molecule has 116 valence electrons. The number of nitrogens with one attached hydrogen (secondary N) is 1. The number of hydrogen-bond acceptors (Lipinski definition) is 5. The summed E-state index contributed by atoms with van der Waals surface area (Å²) in [5.74, 6) is 0.619. The van der Waals surface area contributed by atoms with Crippen LogP contribution in [-0.2, 0) is 11.3 Å². The van der Waals surface area contributed by atoms with Crippen LogP contribution in [0.4, 0.5) is 0 Å². The second kappa shape index (κ2) is 8.10. The first-order valence-corrected chi connectivity index (χ1v) is 7.59. The van der Waals surface area contributed by atoms with Gasteiger partial charge in [-0.3, -0.25) is 4.98 Å². The van der Waals surface area contributed by atoms with Crippen LogP contribution in [0.5, 0.6) is 0 Å². The summed E-state index contributed by atoms with van der Waals surface area (Å²) < 4.78 is 4.64. The molecule has 0 spiro atoms. The summed E-state index contributed by atoms with van der Waals surface area (Å²) in [5, 5.41) is 12.8. The van der Waals surface area contributed by atoms with Gasteiger partial charge >= 0.3 is 5.97 Å². The SMILES string of the molecule is COC(=O)c1ccc(CNCC2CCCCC2CO)nc1. The van der Waals surface area contributed by atoms with Gasteiger partial charge in [-0.25, -0.2) is 4.79 Å². The van der Waals surface area contributed by atoms with Gasteiger partial charge in [-0.15, -0.1) is 0 Å². The van der Waals surface area contributed by atoms with Crippen LogP contribution in [0.25, 0.3) is 0 Å². The largest absolute Gasteiger partial charge is 0.465 e. The molecule has 1 aliphatic carbocycles. The molecule has 1 aromatic heterocycles. The predicted octanol–water partition coefficient (Wildman–Crippen LogP) is 1.76. The number of carbonyl (C=O) groups excluding carboxylic acids is 1. The third-order valence-corrected chi connectivity index (χ3v) is 4.26. The molecule has 0 amide bonds. The van der Waals surface area contributed by atoms with E-state index in [2.05, 4.69) is 15.0 Å². The average Bonchev–Trinajstić information content (AvgIpc) is 2.55. The zero-order valence-electron chi connectivity index (χ0n) is 12.5. The van der Waals surface area contributed by atoms with Crippen LogP contribution in [0.1, 0.15) is 41.7 Å². The fourth-order valence-corrected chi connectivity index (χ4v) is 2.95. The molecule has 0 radical (unpaired) electrons. The molecule has 1 heterocycles. The van der Waals surface area contributed by atoms with Crippen molar-refractivity contribution in [1.29, 1.82) is 0 Å². The van der Waals surface area contributed by atoms with E-state index in [4.69, 9.17) is 0 Å². The number of methoxy groups -OCH3 is 1. The Bertz CT molecular complexity index is 447. The first-order chi connectivity index (χ1) is 10.2. The van der Waals surface area contributed by atoms with Gasteiger partial charge in [-0.05, 0) is 43.4 Å². The molecular formula is C16H24N2O3. The zero-order chi connectivity index (χ0) is 15.1. The molecule has 0 bridgehead atoms. The molecule has 1 aliphatic rings. The number of aliphatic hydroxyl groups is 1. The van der Waals surface area contributed by atoms with E-state index in [0.717, 1.165) is 18.7 Å². The van der Waals surface area contributed by atoms with Crippen LogP contribution in [0.3, 0.4) is 0 Å². The van der Waals surface area contributed by atoms with Gasteiger partial charge < -0.3 is 15.2 Å². The maximum Gasteiger partial charge on any atom is 0.339 e. The molecule has 0 aliphatic heterocycles. The van der Waals surface area contributed by atoms with Crippen LogP contribution >= 0.6 is 0 Å². The molecule has 2 atom stereocenters. The molecular weight excluding hydrogens is 268 g/mol. The molecule has 2 rings (SSSR count). The third-order valence-electron chi connectivity index (χ3n) is 4.26. The van der Waals surface area contributed by atoms with E-state index in [1.165, 1.54) is 26.4 Å². The topological polar surface area (TPSA) is 71.5 Å². The highest BCUT2D eigenvalue weighted by atomic mass is 16.5. The van der Waals surface area contributed by atoms with Crippen molar-refractivity contribution in [3.63, 3.8) is 0 Å². The molecule has 2 unspecified atom stereocenters. The van der Waals surface area contributed by atoms with Crippen molar-refractivity contribution in [2.75, 3.05) is 20.3 Å². The first kappa shape index (κ1) is 15.9.